The minimum atomic E-state index is 0.104. The second kappa shape index (κ2) is 6.59. The van der Waals surface area contributed by atoms with Gasteiger partial charge >= 0.3 is 0 Å². The predicted molar refractivity (Wildman–Crippen MR) is 97.5 cm³/mol. The molecular weight excluding hydrogens is 346 g/mol. The molecule has 0 spiro atoms. The molecule has 1 atom stereocenters. The summed E-state index contributed by atoms with van der Waals surface area (Å²) in [5.41, 5.74) is 2.38. The molecule has 1 aliphatic rings. The number of nitrogens with zero attached hydrogens (tertiary/aromatic N) is 3. The number of rotatable bonds is 2. The third-order valence-electron chi connectivity index (χ3n) is 3.99. The fourth-order valence-corrected chi connectivity index (χ4v) is 5.53. The molecule has 0 N–H and O–H groups in total. The summed E-state index contributed by atoms with van der Waals surface area (Å²) in [5.74, 6) is 1.08. The van der Waals surface area contributed by atoms with Gasteiger partial charge in [-0.25, -0.2) is 0 Å². The summed E-state index contributed by atoms with van der Waals surface area (Å²) in [6.07, 6.45) is 1.01. The monoisotopic (exact) mass is 361 g/mol. The van der Waals surface area contributed by atoms with E-state index in [1.807, 2.05) is 46.2 Å². The maximum atomic E-state index is 12.8. The molecule has 0 radical (unpaired) electrons. The highest BCUT2D eigenvalue weighted by Gasteiger charge is 2.23. The highest BCUT2D eigenvalue weighted by Crippen LogP contribution is 2.36. The van der Waals surface area contributed by atoms with Gasteiger partial charge in [0.25, 0.3) is 5.91 Å². The number of benzene rings is 1. The Morgan fingerprint density at radius 1 is 1.17 bits per heavy atom. The van der Waals surface area contributed by atoms with Crippen molar-refractivity contribution in [1.29, 1.82) is 0 Å². The number of thioether (sulfide) groups is 1. The van der Waals surface area contributed by atoms with Crippen molar-refractivity contribution in [2.45, 2.75) is 11.7 Å². The first-order chi connectivity index (χ1) is 11.3. The van der Waals surface area contributed by atoms with Crippen LogP contribution in [0.1, 0.15) is 26.9 Å². The van der Waals surface area contributed by atoms with Gasteiger partial charge in [-0.1, -0.05) is 6.07 Å². The van der Waals surface area contributed by atoms with Crippen LogP contribution in [0.3, 0.4) is 0 Å². The molecule has 7 heteroatoms. The van der Waals surface area contributed by atoms with Gasteiger partial charge < -0.3 is 4.90 Å². The van der Waals surface area contributed by atoms with E-state index in [-0.39, 0.29) is 5.91 Å². The fraction of sp³-hybridized carbons (Fsp3) is 0.312. The van der Waals surface area contributed by atoms with Gasteiger partial charge in [-0.3, -0.25) is 4.79 Å². The SMILES string of the molecule is O=C(c1ccc2nsnc2c1)N1CCS[C@H](c2cccs2)CC1. The van der Waals surface area contributed by atoms with Crippen molar-refractivity contribution in [3.8, 4) is 0 Å². The molecule has 3 aromatic rings. The molecule has 1 saturated heterocycles. The number of fused-ring (bicyclic) bond motifs is 1. The molecule has 4 nitrogen and oxygen atoms in total. The van der Waals surface area contributed by atoms with Crippen LogP contribution in [0.4, 0.5) is 0 Å². The normalized spacial score (nSPS) is 19.0. The highest BCUT2D eigenvalue weighted by atomic mass is 32.2. The molecule has 4 rings (SSSR count). The summed E-state index contributed by atoms with van der Waals surface area (Å²) in [7, 11) is 0. The lowest BCUT2D eigenvalue weighted by Crippen LogP contribution is -2.32. The summed E-state index contributed by atoms with van der Waals surface area (Å²) in [6.45, 7) is 1.61. The Morgan fingerprint density at radius 2 is 2.09 bits per heavy atom. The van der Waals surface area contributed by atoms with Crippen molar-refractivity contribution in [2.75, 3.05) is 18.8 Å². The fourth-order valence-electron chi connectivity index (χ4n) is 2.77. The third-order valence-corrected chi connectivity index (χ3v) is 6.99. The van der Waals surface area contributed by atoms with E-state index in [4.69, 9.17) is 0 Å². The maximum absolute atomic E-state index is 12.8. The van der Waals surface area contributed by atoms with E-state index in [2.05, 4.69) is 26.3 Å². The van der Waals surface area contributed by atoms with Crippen LogP contribution in [-0.4, -0.2) is 38.4 Å². The number of amides is 1. The molecule has 1 aromatic carbocycles. The quantitative estimate of drug-likeness (QED) is 0.690. The zero-order valence-electron chi connectivity index (χ0n) is 12.3. The van der Waals surface area contributed by atoms with Gasteiger partial charge in [-0.2, -0.15) is 20.5 Å². The summed E-state index contributed by atoms with van der Waals surface area (Å²) >= 11 is 4.95. The Bertz CT molecular complexity index is 815. The molecule has 1 fully saturated rings. The predicted octanol–water partition coefficient (Wildman–Crippen LogP) is 4.07. The minimum Gasteiger partial charge on any atom is -0.338 e. The third kappa shape index (κ3) is 3.13. The topological polar surface area (TPSA) is 46.1 Å². The Kier molecular flexibility index (Phi) is 4.33. The van der Waals surface area contributed by atoms with Crippen LogP contribution in [-0.2, 0) is 0 Å². The highest BCUT2D eigenvalue weighted by molar-refractivity contribution is 7.99. The number of aromatic nitrogens is 2. The van der Waals surface area contributed by atoms with Gasteiger partial charge in [0, 0.05) is 34.5 Å². The molecule has 3 heterocycles. The van der Waals surface area contributed by atoms with Crippen LogP contribution in [0, 0.1) is 0 Å². The van der Waals surface area contributed by atoms with Crippen LogP contribution in [0.5, 0.6) is 0 Å². The molecule has 1 amide bonds. The lowest BCUT2D eigenvalue weighted by Gasteiger charge is -2.20. The molecular formula is C16H15N3OS3. The second-order valence-corrected chi connectivity index (χ2v) is 8.24. The van der Waals surface area contributed by atoms with E-state index in [1.54, 1.807) is 0 Å². The Labute approximate surface area is 146 Å². The van der Waals surface area contributed by atoms with E-state index < -0.39 is 0 Å². The van der Waals surface area contributed by atoms with E-state index in [1.165, 1.54) is 16.6 Å². The first-order valence-electron chi connectivity index (χ1n) is 7.48. The van der Waals surface area contributed by atoms with E-state index >= 15 is 0 Å². The van der Waals surface area contributed by atoms with E-state index in [0.717, 1.165) is 36.3 Å². The van der Waals surface area contributed by atoms with Crippen molar-refractivity contribution in [3.05, 3.63) is 46.2 Å². The Balaban J connectivity index is 1.50. The second-order valence-electron chi connectivity index (χ2n) is 5.42. The van der Waals surface area contributed by atoms with Gasteiger partial charge in [0.15, 0.2) is 0 Å². The van der Waals surface area contributed by atoms with Crippen molar-refractivity contribution in [3.63, 3.8) is 0 Å². The summed E-state index contributed by atoms with van der Waals surface area (Å²) < 4.78 is 8.42. The van der Waals surface area contributed by atoms with Crippen molar-refractivity contribution in [1.82, 2.24) is 13.6 Å². The lowest BCUT2D eigenvalue weighted by molar-refractivity contribution is 0.0767. The van der Waals surface area contributed by atoms with Gasteiger partial charge in [0.1, 0.15) is 11.0 Å². The average molecular weight is 362 g/mol. The van der Waals surface area contributed by atoms with E-state index in [9.17, 15) is 4.79 Å². The molecule has 0 unspecified atom stereocenters. The standard InChI is InChI=1S/C16H15N3OS3/c20-16(11-3-4-12-13(10-11)18-23-17-12)19-6-5-15(22-9-7-19)14-2-1-8-21-14/h1-4,8,10,15H,5-7,9H2/t15-/m0/s1. The summed E-state index contributed by atoms with van der Waals surface area (Å²) in [6, 6.07) is 9.90. The largest absolute Gasteiger partial charge is 0.338 e. The number of thiophene rings is 1. The molecule has 0 aliphatic carbocycles. The van der Waals surface area contributed by atoms with Crippen LogP contribution in [0.25, 0.3) is 11.0 Å². The van der Waals surface area contributed by atoms with Crippen LogP contribution >= 0.6 is 34.8 Å². The molecule has 2 aromatic heterocycles. The molecule has 23 heavy (non-hydrogen) atoms. The average Bonchev–Trinajstić information content (AvgIpc) is 3.21. The van der Waals surface area contributed by atoms with Crippen LogP contribution in [0.2, 0.25) is 0 Å². The van der Waals surface area contributed by atoms with E-state index in [0.29, 0.717) is 10.8 Å². The van der Waals surface area contributed by atoms with Crippen molar-refractivity contribution < 1.29 is 4.79 Å². The summed E-state index contributed by atoms with van der Waals surface area (Å²) in [5, 5.41) is 2.64. The zero-order chi connectivity index (χ0) is 15.6. The number of hydrogen-bond donors (Lipinski definition) is 0. The number of carbonyl (C=O) groups is 1. The van der Waals surface area contributed by atoms with Gasteiger partial charge in [0.05, 0.1) is 11.7 Å². The minimum absolute atomic E-state index is 0.104. The van der Waals surface area contributed by atoms with Gasteiger partial charge in [-0.15, -0.1) is 11.3 Å². The van der Waals surface area contributed by atoms with Crippen molar-refractivity contribution >= 4 is 51.8 Å². The Morgan fingerprint density at radius 3 is 2.96 bits per heavy atom. The molecule has 0 saturated carbocycles. The van der Waals surface area contributed by atoms with Gasteiger partial charge in [-0.05, 0) is 36.1 Å². The summed E-state index contributed by atoms with van der Waals surface area (Å²) in [4.78, 5) is 16.2. The molecule has 0 bridgehead atoms. The number of hydrogen-bond acceptors (Lipinski definition) is 6. The van der Waals surface area contributed by atoms with Crippen LogP contribution < -0.4 is 0 Å². The van der Waals surface area contributed by atoms with Crippen molar-refractivity contribution in [2.24, 2.45) is 0 Å². The molecule has 118 valence electrons. The first kappa shape index (κ1) is 15.1. The Hall–Kier alpha value is -1.44. The number of carbonyl (C=O) groups excluding carboxylic acids is 1. The zero-order valence-corrected chi connectivity index (χ0v) is 14.8. The lowest BCUT2D eigenvalue weighted by atomic mass is 10.1. The van der Waals surface area contributed by atoms with Crippen LogP contribution in [0.15, 0.2) is 35.7 Å². The molecule has 1 aliphatic heterocycles. The van der Waals surface area contributed by atoms with Gasteiger partial charge in [0.2, 0.25) is 0 Å². The maximum Gasteiger partial charge on any atom is 0.253 e. The first-order valence-corrected chi connectivity index (χ1v) is 10.1. The smallest absolute Gasteiger partial charge is 0.253 e.